The lowest BCUT2D eigenvalue weighted by Gasteiger charge is -2.06. The van der Waals surface area contributed by atoms with Gasteiger partial charge in [-0.3, -0.25) is 4.79 Å². The molecule has 1 rings (SSSR count). The van der Waals surface area contributed by atoms with E-state index in [1.807, 2.05) is 0 Å². The van der Waals surface area contributed by atoms with E-state index in [1.54, 1.807) is 0 Å². The molecule has 6 nitrogen and oxygen atoms in total. The summed E-state index contributed by atoms with van der Waals surface area (Å²) < 4.78 is 1.42. The molecule has 0 atom stereocenters. The summed E-state index contributed by atoms with van der Waals surface area (Å²) in [5.41, 5.74) is 0.123. The largest absolute Gasteiger partial charge is 0.491 e. The molecule has 84 valence electrons. The fourth-order valence-electron chi connectivity index (χ4n) is 1.18. The quantitative estimate of drug-likeness (QED) is 0.756. The summed E-state index contributed by atoms with van der Waals surface area (Å²) in [5, 5.41) is 19.0. The number of carbonyl (C=O) groups excluding carboxylic acids is 1. The van der Waals surface area contributed by atoms with E-state index in [0.29, 0.717) is 12.5 Å². The number of hydrogen-bond donors (Lipinski definition) is 2. The van der Waals surface area contributed by atoms with Crippen molar-refractivity contribution in [1.82, 2.24) is 20.3 Å². The Bertz CT molecular complexity index is 346. The summed E-state index contributed by atoms with van der Waals surface area (Å²) in [6.07, 6.45) is 0.882. The van der Waals surface area contributed by atoms with Gasteiger partial charge in [0.1, 0.15) is 0 Å². The molecule has 0 unspecified atom stereocenters. The number of aryl methyl sites for hydroxylation is 1. The van der Waals surface area contributed by atoms with Crippen LogP contribution in [0, 0.1) is 5.92 Å². The summed E-state index contributed by atoms with van der Waals surface area (Å²) in [7, 11) is 1.50. The van der Waals surface area contributed by atoms with Gasteiger partial charge in [0, 0.05) is 13.6 Å². The Hall–Kier alpha value is -1.59. The van der Waals surface area contributed by atoms with Crippen molar-refractivity contribution in [2.45, 2.75) is 26.8 Å². The van der Waals surface area contributed by atoms with E-state index >= 15 is 0 Å². The van der Waals surface area contributed by atoms with E-state index in [9.17, 15) is 9.90 Å². The van der Waals surface area contributed by atoms with E-state index in [0.717, 1.165) is 6.42 Å². The lowest BCUT2D eigenvalue weighted by Crippen LogP contribution is -2.22. The van der Waals surface area contributed by atoms with Gasteiger partial charge in [0.05, 0.1) is 0 Å². The van der Waals surface area contributed by atoms with E-state index in [2.05, 4.69) is 29.5 Å². The van der Waals surface area contributed by atoms with Crippen LogP contribution in [0.25, 0.3) is 0 Å². The highest BCUT2D eigenvalue weighted by atomic mass is 16.3. The van der Waals surface area contributed by atoms with Crippen molar-refractivity contribution in [1.29, 1.82) is 0 Å². The highest BCUT2D eigenvalue weighted by Gasteiger charge is 2.18. The molecule has 0 fully saturated rings. The van der Waals surface area contributed by atoms with Crippen molar-refractivity contribution in [2.75, 3.05) is 7.05 Å². The first kappa shape index (κ1) is 11.5. The molecule has 15 heavy (non-hydrogen) atoms. The zero-order chi connectivity index (χ0) is 11.4. The molecule has 1 heterocycles. The highest BCUT2D eigenvalue weighted by Crippen LogP contribution is 2.13. The molecular formula is C9H16N4O2. The van der Waals surface area contributed by atoms with Gasteiger partial charge in [-0.2, -0.15) is 0 Å². The third-order valence-corrected chi connectivity index (χ3v) is 2.08. The van der Waals surface area contributed by atoms with Crippen molar-refractivity contribution in [3.8, 4) is 5.88 Å². The minimum atomic E-state index is -0.374. The van der Waals surface area contributed by atoms with Crippen LogP contribution >= 0.6 is 0 Å². The van der Waals surface area contributed by atoms with Gasteiger partial charge in [-0.15, -0.1) is 0 Å². The maximum Gasteiger partial charge on any atom is 0.274 e. The predicted molar refractivity (Wildman–Crippen MR) is 54.5 cm³/mol. The predicted octanol–water partition coefficient (Wildman–Crippen LogP) is 0.389. The standard InChI is InChI=1S/C9H16N4O2/c1-6(2)4-5-13-7(8(14)10-3)9(15)11-12-13/h6,15H,4-5H2,1-3H3,(H,10,14). The molecule has 0 bridgehead atoms. The van der Waals surface area contributed by atoms with E-state index in [4.69, 9.17) is 0 Å². The van der Waals surface area contributed by atoms with Crippen LogP contribution < -0.4 is 5.32 Å². The van der Waals surface area contributed by atoms with Gasteiger partial charge in [0.15, 0.2) is 5.69 Å². The van der Waals surface area contributed by atoms with Crippen LogP contribution in [0.2, 0.25) is 0 Å². The van der Waals surface area contributed by atoms with Crippen LogP contribution in [0.3, 0.4) is 0 Å². The first-order valence-electron chi connectivity index (χ1n) is 4.90. The summed E-state index contributed by atoms with van der Waals surface area (Å²) >= 11 is 0. The van der Waals surface area contributed by atoms with Crippen LogP contribution in [-0.4, -0.2) is 33.1 Å². The fourth-order valence-corrected chi connectivity index (χ4v) is 1.18. The summed E-state index contributed by atoms with van der Waals surface area (Å²) in [6, 6.07) is 0. The van der Waals surface area contributed by atoms with Gasteiger partial charge in [0.25, 0.3) is 11.8 Å². The molecule has 0 radical (unpaired) electrons. The minimum Gasteiger partial charge on any atom is -0.491 e. The Kier molecular flexibility index (Phi) is 3.65. The third kappa shape index (κ3) is 2.68. The molecule has 6 heteroatoms. The Morgan fingerprint density at radius 2 is 2.27 bits per heavy atom. The smallest absolute Gasteiger partial charge is 0.274 e. The zero-order valence-corrected chi connectivity index (χ0v) is 9.19. The second-order valence-electron chi connectivity index (χ2n) is 3.75. The molecule has 0 aliphatic carbocycles. The highest BCUT2D eigenvalue weighted by molar-refractivity contribution is 5.94. The Labute approximate surface area is 88.3 Å². The zero-order valence-electron chi connectivity index (χ0n) is 9.19. The number of amides is 1. The van der Waals surface area contributed by atoms with Crippen molar-refractivity contribution in [3.05, 3.63) is 5.69 Å². The fraction of sp³-hybridized carbons (Fsp3) is 0.667. The van der Waals surface area contributed by atoms with Gasteiger partial charge >= 0.3 is 0 Å². The van der Waals surface area contributed by atoms with Crippen LogP contribution in [0.1, 0.15) is 30.8 Å². The first-order valence-corrected chi connectivity index (χ1v) is 4.90. The molecule has 1 aromatic rings. The molecule has 0 aliphatic heterocycles. The van der Waals surface area contributed by atoms with E-state index < -0.39 is 0 Å². The number of nitrogens with one attached hydrogen (secondary N) is 1. The van der Waals surface area contributed by atoms with Gasteiger partial charge < -0.3 is 10.4 Å². The van der Waals surface area contributed by atoms with Crippen LogP contribution in [0.5, 0.6) is 5.88 Å². The maximum atomic E-state index is 11.4. The van der Waals surface area contributed by atoms with Crippen molar-refractivity contribution in [3.63, 3.8) is 0 Å². The van der Waals surface area contributed by atoms with E-state index in [-0.39, 0.29) is 17.5 Å². The van der Waals surface area contributed by atoms with Gasteiger partial charge in [0.2, 0.25) is 0 Å². The third-order valence-electron chi connectivity index (χ3n) is 2.08. The second kappa shape index (κ2) is 4.77. The van der Waals surface area contributed by atoms with Gasteiger partial charge in [-0.25, -0.2) is 4.68 Å². The van der Waals surface area contributed by atoms with Crippen molar-refractivity contribution < 1.29 is 9.90 Å². The van der Waals surface area contributed by atoms with Crippen LogP contribution in [-0.2, 0) is 6.54 Å². The second-order valence-corrected chi connectivity index (χ2v) is 3.75. The lowest BCUT2D eigenvalue weighted by molar-refractivity contribution is 0.0949. The number of carbonyl (C=O) groups is 1. The van der Waals surface area contributed by atoms with Crippen molar-refractivity contribution >= 4 is 5.91 Å². The van der Waals surface area contributed by atoms with E-state index in [1.165, 1.54) is 11.7 Å². The number of nitrogens with zero attached hydrogens (tertiary/aromatic N) is 3. The van der Waals surface area contributed by atoms with Gasteiger partial charge in [-0.05, 0) is 12.3 Å². The molecule has 0 aromatic carbocycles. The number of aromatic hydroxyl groups is 1. The Morgan fingerprint density at radius 3 is 2.80 bits per heavy atom. The molecule has 1 amide bonds. The first-order chi connectivity index (χ1) is 7.06. The number of hydrogen-bond acceptors (Lipinski definition) is 4. The van der Waals surface area contributed by atoms with Crippen LogP contribution in [0.4, 0.5) is 0 Å². The SMILES string of the molecule is CNC(=O)c1c(O)nnn1CCC(C)C. The number of rotatable bonds is 4. The monoisotopic (exact) mass is 212 g/mol. The average molecular weight is 212 g/mol. The summed E-state index contributed by atoms with van der Waals surface area (Å²) in [5.74, 6) is -0.187. The maximum absolute atomic E-state index is 11.4. The summed E-state index contributed by atoms with van der Waals surface area (Å²) in [4.78, 5) is 11.4. The topological polar surface area (TPSA) is 80.0 Å². The normalized spacial score (nSPS) is 10.7. The molecule has 0 saturated carbocycles. The van der Waals surface area contributed by atoms with Crippen molar-refractivity contribution in [2.24, 2.45) is 5.92 Å². The number of aromatic nitrogens is 3. The summed E-state index contributed by atoms with van der Waals surface area (Å²) in [6.45, 7) is 4.74. The minimum absolute atomic E-state index is 0.123. The molecular weight excluding hydrogens is 196 g/mol. The lowest BCUT2D eigenvalue weighted by atomic mass is 10.1. The molecule has 0 spiro atoms. The molecule has 1 aromatic heterocycles. The Balaban J connectivity index is 2.84. The molecule has 0 aliphatic rings. The average Bonchev–Trinajstić information content (AvgIpc) is 2.55. The van der Waals surface area contributed by atoms with Crippen LogP contribution in [0.15, 0.2) is 0 Å². The van der Waals surface area contributed by atoms with Gasteiger partial charge in [-0.1, -0.05) is 24.2 Å². The molecule has 2 N–H and O–H groups in total. The Morgan fingerprint density at radius 1 is 1.60 bits per heavy atom. The molecule has 0 saturated heterocycles.